The molecule has 10 heterocycles. The van der Waals surface area contributed by atoms with Crippen LogP contribution in [-0.4, -0.2) is 4.57 Å². The fourth-order valence-corrected chi connectivity index (χ4v) is 17.8. The molecule has 12 heteroatoms. The number of rotatable bonds is 6. The minimum absolute atomic E-state index is 0.252. The van der Waals surface area contributed by atoms with Gasteiger partial charge in [0.05, 0.1) is 20.2 Å². The molecule has 10 aromatic heterocycles. The molecule has 0 N–H and O–H groups in total. The maximum absolute atomic E-state index is 14.3. The van der Waals surface area contributed by atoms with E-state index in [4.69, 9.17) is 0 Å². The number of hydrogen-bond donors (Lipinski definition) is 0. The molecule has 0 amide bonds. The zero-order valence-electron chi connectivity index (χ0n) is 31.9. The van der Waals surface area contributed by atoms with Gasteiger partial charge in [0.15, 0.2) is 0 Å². The number of aromatic nitrogens is 1. The summed E-state index contributed by atoms with van der Waals surface area (Å²) in [6.45, 7) is 13.1. The average Bonchev–Trinajstić information content (AvgIpc) is 4.02. The van der Waals surface area contributed by atoms with Crippen molar-refractivity contribution in [3.05, 3.63) is 130 Å². The SMILES string of the molecule is Cc1ccc(-c2c3cc(-c4cc(C)c(-c5cc6c(=O)n(-c7cccs7)c(=O)c7cc(C)sc7c6s5)s4)sc3c(-c3ccc(C)s3)c3cc(-c4cc(C)c(C)s4)sc23)s1. The lowest BCUT2D eigenvalue weighted by Gasteiger charge is -2.09. The van der Waals surface area contributed by atoms with E-state index in [1.54, 1.807) is 34.0 Å². The van der Waals surface area contributed by atoms with Crippen molar-refractivity contribution < 1.29 is 0 Å². The Bertz CT molecular complexity index is 3470. The van der Waals surface area contributed by atoms with Crippen LogP contribution in [0, 0.1) is 41.5 Å². The monoisotopic (exact) mass is 917 g/mol. The van der Waals surface area contributed by atoms with Crippen molar-refractivity contribution in [2.24, 2.45) is 0 Å². The van der Waals surface area contributed by atoms with Crippen molar-refractivity contribution >= 4 is 142 Å². The Hall–Kier alpha value is -3.82. The molecular formula is C46H31NO2S9. The smallest absolute Gasteiger partial charge is 0.267 e. The molecule has 0 unspecified atom stereocenters. The first-order valence-corrected chi connectivity index (χ1v) is 25.9. The van der Waals surface area contributed by atoms with Crippen LogP contribution < -0.4 is 11.1 Å². The Morgan fingerprint density at radius 3 is 1.52 bits per heavy atom. The molecule has 0 radical (unpaired) electrons. The van der Waals surface area contributed by atoms with Gasteiger partial charge in [-0.1, -0.05) is 0 Å². The van der Waals surface area contributed by atoms with Gasteiger partial charge in [0, 0.05) is 89.8 Å². The Labute approximate surface area is 369 Å². The fourth-order valence-electron chi connectivity index (χ4n) is 7.78. The Balaban J connectivity index is 1.14. The normalized spacial score (nSPS) is 12.1. The van der Waals surface area contributed by atoms with Crippen LogP contribution in [0.3, 0.4) is 0 Å². The van der Waals surface area contributed by atoms with Gasteiger partial charge in [0.25, 0.3) is 11.1 Å². The first kappa shape index (κ1) is 37.2. The zero-order valence-corrected chi connectivity index (χ0v) is 39.3. The highest BCUT2D eigenvalue weighted by molar-refractivity contribution is 7.32. The van der Waals surface area contributed by atoms with Crippen molar-refractivity contribution in [3.63, 3.8) is 0 Å². The molecule has 1 aromatic carbocycles. The lowest BCUT2D eigenvalue weighted by atomic mass is 9.99. The highest BCUT2D eigenvalue weighted by Gasteiger charge is 2.26. The van der Waals surface area contributed by atoms with Gasteiger partial charge in [-0.25, -0.2) is 4.57 Å². The molecule has 0 aliphatic rings. The van der Waals surface area contributed by atoms with Crippen molar-refractivity contribution in [1.82, 2.24) is 4.57 Å². The lowest BCUT2D eigenvalue weighted by Crippen LogP contribution is -2.27. The van der Waals surface area contributed by atoms with Crippen LogP contribution in [0.4, 0.5) is 0 Å². The second-order valence-electron chi connectivity index (χ2n) is 14.6. The molecule has 58 heavy (non-hydrogen) atoms. The third-order valence-electron chi connectivity index (χ3n) is 10.6. The minimum atomic E-state index is -0.259. The van der Waals surface area contributed by atoms with E-state index >= 15 is 0 Å². The summed E-state index contributed by atoms with van der Waals surface area (Å²) in [6, 6.07) is 26.4. The molecular weight excluding hydrogens is 887 g/mol. The average molecular weight is 918 g/mol. The highest BCUT2D eigenvalue weighted by Crippen LogP contribution is 2.55. The number of hydrogen-bond acceptors (Lipinski definition) is 11. The molecule has 0 bridgehead atoms. The van der Waals surface area contributed by atoms with Gasteiger partial charge in [-0.15, -0.1) is 102 Å². The summed E-state index contributed by atoms with van der Waals surface area (Å²) in [5.74, 6) is 0. The van der Waals surface area contributed by atoms with Crippen LogP contribution in [0.2, 0.25) is 0 Å². The first-order chi connectivity index (χ1) is 28.0. The van der Waals surface area contributed by atoms with Crippen molar-refractivity contribution in [3.8, 4) is 55.1 Å². The number of thiophene rings is 9. The van der Waals surface area contributed by atoms with Crippen molar-refractivity contribution in [2.75, 3.05) is 0 Å². The summed E-state index contributed by atoms with van der Waals surface area (Å²) >= 11 is 15.9. The molecule has 0 saturated carbocycles. The van der Waals surface area contributed by atoms with Crippen molar-refractivity contribution in [1.29, 1.82) is 0 Å². The van der Waals surface area contributed by atoms with Crippen LogP contribution in [0.25, 0.3) is 95.5 Å². The third kappa shape index (κ3) is 5.83. The predicted octanol–water partition coefficient (Wildman–Crippen LogP) is 16.5. The van der Waals surface area contributed by atoms with E-state index in [1.807, 2.05) is 93.3 Å². The Kier molecular flexibility index (Phi) is 8.89. The molecule has 11 rings (SSSR count). The summed E-state index contributed by atoms with van der Waals surface area (Å²) < 4.78 is 5.83. The molecule has 0 fully saturated rings. The minimum Gasteiger partial charge on any atom is -0.268 e. The van der Waals surface area contributed by atoms with Gasteiger partial charge in [0.1, 0.15) is 5.00 Å². The van der Waals surface area contributed by atoms with E-state index in [9.17, 15) is 9.59 Å². The number of nitrogens with zero attached hydrogens (tertiary/aromatic N) is 1. The maximum Gasteiger partial charge on any atom is 0.267 e. The van der Waals surface area contributed by atoms with Gasteiger partial charge in [0.2, 0.25) is 0 Å². The van der Waals surface area contributed by atoms with E-state index in [1.165, 1.54) is 102 Å². The first-order valence-electron chi connectivity index (χ1n) is 18.5. The van der Waals surface area contributed by atoms with E-state index in [0.717, 1.165) is 24.0 Å². The topological polar surface area (TPSA) is 39.1 Å². The quantitative estimate of drug-likeness (QED) is 0.167. The Morgan fingerprint density at radius 1 is 0.431 bits per heavy atom. The standard InChI is InChI=1S/C46H31NO2S9/c1-20-14-32(54-25(20)6)34-17-26-38(30-11-9-22(3)51-30)42-27(39(41(26)56-34)31-12-10-23(4)52-31)18-35(57-42)33-15-21(2)40(55-33)36-19-29-44(58-36)43-28(16-24(5)53-43)45(48)47(46(29)49)37-8-7-13-50-37/h7-19H,1-6H3. The summed E-state index contributed by atoms with van der Waals surface area (Å²) in [4.78, 5) is 43.2. The van der Waals surface area contributed by atoms with Gasteiger partial charge in [-0.2, -0.15) is 0 Å². The summed E-state index contributed by atoms with van der Waals surface area (Å²) in [6.07, 6.45) is 0. The summed E-state index contributed by atoms with van der Waals surface area (Å²) in [5, 5.41) is 6.39. The maximum atomic E-state index is 14.3. The second-order valence-corrected chi connectivity index (χ2v) is 24.8. The Morgan fingerprint density at radius 2 is 0.966 bits per heavy atom. The molecule has 0 saturated heterocycles. The number of benzene rings is 1. The van der Waals surface area contributed by atoms with Gasteiger partial charge in [-0.05, 0) is 131 Å². The van der Waals surface area contributed by atoms with Crippen molar-refractivity contribution in [2.45, 2.75) is 41.5 Å². The van der Waals surface area contributed by atoms with Crippen LogP contribution in [-0.2, 0) is 0 Å². The highest BCUT2D eigenvalue weighted by atomic mass is 32.1. The molecule has 0 spiro atoms. The molecule has 286 valence electrons. The van der Waals surface area contributed by atoms with Gasteiger partial charge >= 0.3 is 0 Å². The molecule has 0 aliphatic heterocycles. The number of fused-ring (bicyclic) bond motifs is 5. The number of aryl methyl sites for hydroxylation is 6. The lowest BCUT2D eigenvalue weighted by molar-refractivity contribution is 0.999. The van der Waals surface area contributed by atoms with Gasteiger partial charge in [-0.3, -0.25) is 9.59 Å². The predicted molar refractivity (Wildman–Crippen MR) is 265 cm³/mol. The van der Waals surface area contributed by atoms with E-state index in [0.29, 0.717) is 15.8 Å². The van der Waals surface area contributed by atoms with E-state index < -0.39 is 0 Å². The summed E-state index contributed by atoms with van der Waals surface area (Å²) in [7, 11) is 0. The zero-order chi connectivity index (χ0) is 39.7. The largest absolute Gasteiger partial charge is 0.268 e. The third-order valence-corrected chi connectivity index (χ3v) is 21.1. The molecule has 0 aliphatic carbocycles. The van der Waals surface area contributed by atoms with E-state index in [2.05, 4.69) is 83.1 Å². The second kappa shape index (κ2) is 13.9. The molecule has 11 aromatic rings. The fraction of sp³-hybridized carbons (Fsp3) is 0.130. The van der Waals surface area contributed by atoms with Gasteiger partial charge < -0.3 is 0 Å². The molecule has 3 nitrogen and oxygen atoms in total. The molecule has 0 atom stereocenters. The van der Waals surface area contributed by atoms with Crippen LogP contribution in [0.15, 0.2) is 87.8 Å². The van der Waals surface area contributed by atoms with Crippen LogP contribution in [0.1, 0.15) is 30.6 Å². The summed E-state index contributed by atoms with van der Waals surface area (Å²) in [5.41, 5.74) is 4.70. The van der Waals surface area contributed by atoms with E-state index in [-0.39, 0.29) is 11.1 Å². The van der Waals surface area contributed by atoms with Crippen LogP contribution >= 0.6 is 102 Å². The van der Waals surface area contributed by atoms with Crippen LogP contribution in [0.5, 0.6) is 0 Å².